The molecule has 3 heteroatoms. The largest absolute Gasteiger partial charge is 0.305 e. The first-order valence-electron chi connectivity index (χ1n) is 2.28. The molecule has 0 aromatic rings. The van der Waals surface area contributed by atoms with E-state index in [1.165, 1.54) is 0 Å². The van der Waals surface area contributed by atoms with Gasteiger partial charge in [-0.15, -0.1) is 0 Å². The summed E-state index contributed by atoms with van der Waals surface area (Å²) in [5.41, 5.74) is 0. The van der Waals surface area contributed by atoms with Gasteiger partial charge in [-0.2, -0.15) is 0 Å². The molecule has 0 bridgehead atoms. The maximum absolute atomic E-state index is 3.17. The van der Waals surface area contributed by atoms with Crippen LogP contribution in [-0.4, -0.2) is 17.8 Å². The summed E-state index contributed by atoms with van der Waals surface area (Å²) in [6.45, 7) is 2.08. The molecule has 0 heterocycles. The third-order valence-corrected chi connectivity index (χ3v) is 1.26. The molecule has 2 N–H and O–H groups in total. The fourth-order valence-electron chi connectivity index (χ4n) is 0.218. The Hall–Kier alpha value is 0.650. The van der Waals surface area contributed by atoms with Crippen molar-refractivity contribution in [3.8, 4) is 0 Å². The van der Waals surface area contributed by atoms with Gasteiger partial charge >= 0.3 is 0 Å². The Morgan fingerprint density at radius 2 is 2.29 bits per heavy atom. The Morgan fingerprint density at radius 1 is 1.71 bits per heavy atom. The lowest BCUT2D eigenvalue weighted by Gasteiger charge is -2.07. The molecule has 44 valence electrons. The Kier molecular flexibility index (Phi) is 5.25. The highest BCUT2D eigenvalue weighted by molar-refractivity contribution is 14.1. The highest BCUT2D eigenvalue weighted by Gasteiger charge is 1.89. The average Bonchev–Trinajstić information content (AvgIpc) is 1.68. The van der Waals surface area contributed by atoms with Crippen LogP contribution in [0.25, 0.3) is 0 Å². The van der Waals surface area contributed by atoms with E-state index < -0.39 is 0 Å². The standard InChI is InChI=1S/C4H11IN2/c1-4(6-2)7-3-5/h4,6-7H,3H2,1-2H3. The first-order chi connectivity index (χ1) is 3.31. The predicted octanol–water partition coefficient (Wildman–Crippen LogP) is 0.534. The summed E-state index contributed by atoms with van der Waals surface area (Å²) >= 11 is 2.27. The smallest absolute Gasteiger partial charge is 0.0546 e. The molecule has 7 heavy (non-hydrogen) atoms. The van der Waals surface area contributed by atoms with Crippen molar-refractivity contribution in [2.45, 2.75) is 13.1 Å². The summed E-state index contributed by atoms with van der Waals surface area (Å²) in [5.74, 6) is 0. The van der Waals surface area contributed by atoms with Gasteiger partial charge in [-0.1, -0.05) is 22.6 Å². The molecule has 0 aliphatic heterocycles. The maximum atomic E-state index is 3.17. The van der Waals surface area contributed by atoms with Crippen LogP contribution in [0.5, 0.6) is 0 Å². The van der Waals surface area contributed by atoms with Gasteiger partial charge in [0.25, 0.3) is 0 Å². The van der Waals surface area contributed by atoms with Crippen LogP contribution in [-0.2, 0) is 0 Å². The van der Waals surface area contributed by atoms with E-state index in [1.807, 2.05) is 7.05 Å². The molecule has 1 atom stereocenters. The van der Waals surface area contributed by atoms with Crippen LogP contribution >= 0.6 is 22.6 Å². The van der Waals surface area contributed by atoms with Gasteiger partial charge in [-0.25, -0.2) is 0 Å². The van der Waals surface area contributed by atoms with E-state index in [2.05, 4.69) is 40.1 Å². The number of alkyl halides is 1. The normalized spacial score (nSPS) is 14.1. The van der Waals surface area contributed by atoms with E-state index in [4.69, 9.17) is 0 Å². The van der Waals surface area contributed by atoms with Crippen LogP contribution in [0.4, 0.5) is 0 Å². The molecule has 0 aromatic carbocycles. The second kappa shape index (κ2) is 4.80. The molecule has 0 saturated carbocycles. The summed E-state index contributed by atoms with van der Waals surface area (Å²) < 4.78 is 1.000. The van der Waals surface area contributed by atoms with Crippen molar-refractivity contribution < 1.29 is 0 Å². The molecular weight excluding hydrogens is 203 g/mol. The van der Waals surface area contributed by atoms with Gasteiger partial charge in [0.05, 0.1) is 6.17 Å². The first-order valence-corrected chi connectivity index (χ1v) is 3.80. The third-order valence-electron chi connectivity index (χ3n) is 0.816. The summed E-state index contributed by atoms with van der Waals surface area (Å²) in [7, 11) is 1.93. The Balaban J connectivity index is 2.83. The Labute approximate surface area is 58.2 Å². The average molecular weight is 214 g/mol. The number of hydrogen-bond acceptors (Lipinski definition) is 2. The van der Waals surface area contributed by atoms with Crippen molar-refractivity contribution in [2.75, 3.05) is 11.6 Å². The number of hydrogen-bond donors (Lipinski definition) is 2. The Bertz CT molecular complexity index is 40.7. The molecule has 0 amide bonds. The fourth-order valence-corrected chi connectivity index (χ4v) is 0.878. The van der Waals surface area contributed by atoms with Gasteiger partial charge in [0.15, 0.2) is 0 Å². The molecule has 0 spiro atoms. The molecule has 2 nitrogen and oxygen atoms in total. The predicted molar refractivity (Wildman–Crippen MR) is 40.5 cm³/mol. The Morgan fingerprint density at radius 3 is 2.43 bits per heavy atom. The second-order valence-electron chi connectivity index (χ2n) is 1.35. The van der Waals surface area contributed by atoms with E-state index in [-0.39, 0.29) is 0 Å². The third kappa shape index (κ3) is 4.50. The first kappa shape index (κ1) is 7.65. The second-order valence-corrected chi connectivity index (χ2v) is 2.11. The molecule has 0 rings (SSSR count). The van der Waals surface area contributed by atoms with Crippen molar-refractivity contribution in [3.05, 3.63) is 0 Å². The molecule has 0 radical (unpaired) electrons. The zero-order chi connectivity index (χ0) is 5.70. The molecule has 0 aromatic heterocycles. The van der Waals surface area contributed by atoms with Crippen molar-refractivity contribution in [1.82, 2.24) is 10.6 Å². The lowest BCUT2D eigenvalue weighted by atomic mass is 10.6. The van der Waals surface area contributed by atoms with Crippen molar-refractivity contribution in [3.63, 3.8) is 0 Å². The van der Waals surface area contributed by atoms with Crippen LogP contribution < -0.4 is 10.6 Å². The highest BCUT2D eigenvalue weighted by Crippen LogP contribution is 1.76. The van der Waals surface area contributed by atoms with Crippen LogP contribution in [0, 0.1) is 0 Å². The minimum absolute atomic E-state index is 0.442. The number of nitrogens with one attached hydrogen (secondary N) is 2. The lowest BCUT2D eigenvalue weighted by Crippen LogP contribution is -2.36. The lowest BCUT2D eigenvalue weighted by molar-refractivity contribution is 0.533. The zero-order valence-corrected chi connectivity index (χ0v) is 6.82. The minimum Gasteiger partial charge on any atom is -0.305 e. The van der Waals surface area contributed by atoms with Gasteiger partial charge in [-0.05, 0) is 14.0 Å². The van der Waals surface area contributed by atoms with Gasteiger partial charge in [-0.3, -0.25) is 5.32 Å². The van der Waals surface area contributed by atoms with Gasteiger partial charge in [0.1, 0.15) is 0 Å². The summed E-state index contributed by atoms with van der Waals surface area (Å²) in [5, 5.41) is 6.22. The number of halogens is 1. The maximum Gasteiger partial charge on any atom is 0.0546 e. The summed E-state index contributed by atoms with van der Waals surface area (Å²) in [6.07, 6.45) is 0.442. The van der Waals surface area contributed by atoms with Crippen molar-refractivity contribution in [1.29, 1.82) is 0 Å². The van der Waals surface area contributed by atoms with E-state index in [0.717, 1.165) is 4.55 Å². The highest BCUT2D eigenvalue weighted by atomic mass is 127. The monoisotopic (exact) mass is 214 g/mol. The minimum atomic E-state index is 0.442. The molecule has 0 saturated heterocycles. The van der Waals surface area contributed by atoms with E-state index >= 15 is 0 Å². The topological polar surface area (TPSA) is 24.1 Å². The van der Waals surface area contributed by atoms with Crippen LogP contribution in [0.1, 0.15) is 6.92 Å². The van der Waals surface area contributed by atoms with E-state index in [0.29, 0.717) is 6.17 Å². The van der Waals surface area contributed by atoms with Crippen molar-refractivity contribution >= 4 is 22.6 Å². The SMILES string of the molecule is CNC(C)NCI. The fraction of sp³-hybridized carbons (Fsp3) is 1.00. The summed E-state index contributed by atoms with van der Waals surface area (Å²) in [6, 6.07) is 0. The molecule has 0 aliphatic rings. The van der Waals surface area contributed by atoms with Gasteiger partial charge in [0.2, 0.25) is 0 Å². The van der Waals surface area contributed by atoms with E-state index in [1.54, 1.807) is 0 Å². The molecule has 0 fully saturated rings. The van der Waals surface area contributed by atoms with Gasteiger partial charge < -0.3 is 5.32 Å². The number of rotatable bonds is 3. The van der Waals surface area contributed by atoms with E-state index in [9.17, 15) is 0 Å². The quantitative estimate of drug-likeness (QED) is 0.310. The summed E-state index contributed by atoms with van der Waals surface area (Å²) in [4.78, 5) is 0. The van der Waals surface area contributed by atoms with Gasteiger partial charge in [0, 0.05) is 4.55 Å². The van der Waals surface area contributed by atoms with Crippen LogP contribution in [0.3, 0.4) is 0 Å². The van der Waals surface area contributed by atoms with Crippen LogP contribution in [0.15, 0.2) is 0 Å². The van der Waals surface area contributed by atoms with Crippen LogP contribution in [0.2, 0.25) is 0 Å². The zero-order valence-electron chi connectivity index (χ0n) is 4.66. The molecule has 0 aliphatic carbocycles. The van der Waals surface area contributed by atoms with Crippen molar-refractivity contribution in [2.24, 2.45) is 0 Å². The molecular formula is C4H11IN2. The molecule has 1 unspecified atom stereocenters.